The van der Waals surface area contributed by atoms with Gasteiger partial charge in [-0.3, -0.25) is 9.59 Å². The largest absolute Gasteiger partial charge is 0.383 e. The number of hydrogen-bond acceptors (Lipinski definition) is 4. The minimum atomic E-state index is -0.164. The number of rotatable bonds is 6. The number of likely N-dealkylation sites (tertiary alicyclic amines) is 2. The molecule has 0 aromatic heterocycles. The first-order valence-electron chi connectivity index (χ1n) is 7.85. The van der Waals surface area contributed by atoms with Gasteiger partial charge in [0.15, 0.2) is 0 Å². The Morgan fingerprint density at radius 3 is 2.86 bits per heavy atom. The molecule has 2 rings (SSSR count). The molecule has 0 saturated carbocycles. The van der Waals surface area contributed by atoms with Crippen molar-refractivity contribution in [3.05, 3.63) is 0 Å². The van der Waals surface area contributed by atoms with Gasteiger partial charge in [0.25, 0.3) is 0 Å². The van der Waals surface area contributed by atoms with Crippen molar-refractivity contribution in [3.63, 3.8) is 0 Å². The van der Waals surface area contributed by atoms with Gasteiger partial charge in [0.2, 0.25) is 11.8 Å². The molecule has 2 aliphatic heterocycles. The van der Waals surface area contributed by atoms with Crippen molar-refractivity contribution in [3.8, 4) is 0 Å². The number of ether oxygens (including phenoxy) is 1. The molecule has 2 amide bonds. The third kappa shape index (κ3) is 4.83. The van der Waals surface area contributed by atoms with Gasteiger partial charge in [-0.1, -0.05) is 0 Å². The molecule has 0 radical (unpaired) electrons. The van der Waals surface area contributed by atoms with Gasteiger partial charge in [0.05, 0.1) is 12.5 Å². The van der Waals surface area contributed by atoms with Crippen molar-refractivity contribution in [2.45, 2.75) is 19.3 Å². The summed E-state index contributed by atoms with van der Waals surface area (Å²) in [7, 11) is 3.57. The number of hydrogen-bond donors (Lipinski definition) is 1. The fourth-order valence-corrected chi connectivity index (χ4v) is 3.33. The highest BCUT2D eigenvalue weighted by molar-refractivity contribution is 5.89. The van der Waals surface area contributed by atoms with Crippen LogP contribution >= 0.6 is 12.4 Å². The quantitative estimate of drug-likeness (QED) is 0.762. The van der Waals surface area contributed by atoms with E-state index in [-0.39, 0.29) is 30.1 Å². The predicted molar refractivity (Wildman–Crippen MR) is 87.0 cm³/mol. The monoisotopic (exact) mass is 333 g/mol. The molecule has 128 valence electrons. The number of carbonyl (C=O) groups is 2. The van der Waals surface area contributed by atoms with Crippen LogP contribution in [0.25, 0.3) is 0 Å². The van der Waals surface area contributed by atoms with E-state index in [9.17, 15) is 9.59 Å². The van der Waals surface area contributed by atoms with E-state index in [1.807, 2.05) is 11.9 Å². The number of amides is 2. The zero-order valence-corrected chi connectivity index (χ0v) is 14.4. The lowest BCUT2D eigenvalue weighted by Gasteiger charge is -2.34. The summed E-state index contributed by atoms with van der Waals surface area (Å²) in [6.45, 7) is 4.27. The summed E-state index contributed by atoms with van der Waals surface area (Å²) in [6, 6.07) is 0. The molecular weight excluding hydrogens is 306 g/mol. The third-order valence-electron chi connectivity index (χ3n) is 4.45. The summed E-state index contributed by atoms with van der Waals surface area (Å²) in [5.74, 6) is 0.607. The maximum Gasteiger partial charge on any atom is 0.228 e. The van der Waals surface area contributed by atoms with Crippen LogP contribution in [-0.2, 0) is 14.3 Å². The predicted octanol–water partition coefficient (Wildman–Crippen LogP) is 0.361. The van der Waals surface area contributed by atoms with Gasteiger partial charge in [-0.05, 0) is 32.4 Å². The molecule has 0 bridgehead atoms. The third-order valence-corrected chi connectivity index (χ3v) is 4.45. The van der Waals surface area contributed by atoms with Crippen molar-refractivity contribution >= 4 is 24.2 Å². The number of halogens is 1. The van der Waals surface area contributed by atoms with Gasteiger partial charge < -0.3 is 19.9 Å². The maximum atomic E-state index is 12.6. The van der Waals surface area contributed by atoms with Gasteiger partial charge in [0, 0.05) is 39.7 Å². The Labute approximate surface area is 138 Å². The smallest absolute Gasteiger partial charge is 0.228 e. The van der Waals surface area contributed by atoms with Gasteiger partial charge in [-0.25, -0.2) is 0 Å². The molecule has 22 heavy (non-hydrogen) atoms. The lowest BCUT2D eigenvalue weighted by molar-refractivity contribution is -0.137. The molecule has 6 nitrogen and oxygen atoms in total. The average Bonchev–Trinajstić information content (AvgIpc) is 2.86. The van der Waals surface area contributed by atoms with Gasteiger partial charge in [-0.15, -0.1) is 12.4 Å². The zero-order valence-electron chi connectivity index (χ0n) is 13.5. The van der Waals surface area contributed by atoms with E-state index in [4.69, 9.17) is 4.74 Å². The molecule has 2 aliphatic rings. The Hall–Kier alpha value is -0.850. The Morgan fingerprint density at radius 2 is 2.18 bits per heavy atom. The lowest BCUT2D eigenvalue weighted by Crippen LogP contribution is -2.45. The van der Waals surface area contributed by atoms with Crippen LogP contribution in [0.1, 0.15) is 19.3 Å². The Bertz CT molecular complexity index is 379. The second-order valence-electron chi connectivity index (χ2n) is 6.08. The van der Waals surface area contributed by atoms with Crippen molar-refractivity contribution in [2.75, 3.05) is 53.5 Å². The van der Waals surface area contributed by atoms with Crippen LogP contribution in [0.2, 0.25) is 0 Å². The summed E-state index contributed by atoms with van der Waals surface area (Å²) in [5.41, 5.74) is 0. The van der Waals surface area contributed by atoms with Crippen molar-refractivity contribution in [2.24, 2.45) is 11.8 Å². The van der Waals surface area contributed by atoms with Crippen molar-refractivity contribution in [1.82, 2.24) is 15.1 Å². The second-order valence-corrected chi connectivity index (χ2v) is 6.08. The minimum absolute atomic E-state index is 0. The highest BCUT2D eigenvalue weighted by atomic mass is 35.5. The first kappa shape index (κ1) is 19.2. The van der Waals surface area contributed by atoms with Crippen LogP contribution < -0.4 is 5.32 Å². The first-order valence-corrected chi connectivity index (χ1v) is 7.85. The van der Waals surface area contributed by atoms with Crippen molar-refractivity contribution < 1.29 is 14.3 Å². The molecule has 2 saturated heterocycles. The molecule has 0 spiro atoms. The van der Waals surface area contributed by atoms with Crippen LogP contribution in [0.5, 0.6) is 0 Å². The average molecular weight is 334 g/mol. The summed E-state index contributed by atoms with van der Waals surface area (Å²) in [4.78, 5) is 28.3. The summed E-state index contributed by atoms with van der Waals surface area (Å²) < 4.78 is 5.01. The van der Waals surface area contributed by atoms with Crippen LogP contribution in [0.4, 0.5) is 0 Å². The van der Waals surface area contributed by atoms with E-state index in [0.717, 1.165) is 26.1 Å². The Balaban J connectivity index is 0.00000242. The Kier molecular flexibility index (Phi) is 8.14. The molecule has 0 aliphatic carbocycles. The molecule has 2 heterocycles. The molecule has 2 unspecified atom stereocenters. The van der Waals surface area contributed by atoms with Gasteiger partial charge in [0.1, 0.15) is 0 Å². The zero-order chi connectivity index (χ0) is 15.2. The fourth-order valence-electron chi connectivity index (χ4n) is 3.33. The molecule has 2 fully saturated rings. The fraction of sp³-hybridized carbons (Fsp3) is 0.867. The number of nitrogens with one attached hydrogen (secondary N) is 1. The van der Waals surface area contributed by atoms with Crippen LogP contribution in [0, 0.1) is 11.8 Å². The van der Waals surface area contributed by atoms with E-state index in [2.05, 4.69) is 5.32 Å². The van der Waals surface area contributed by atoms with Gasteiger partial charge in [-0.2, -0.15) is 0 Å². The number of carbonyl (C=O) groups excluding carboxylic acids is 2. The number of piperidine rings is 1. The van der Waals surface area contributed by atoms with E-state index in [1.54, 1.807) is 12.0 Å². The standard InChI is InChI=1S/C15H27N3O3.ClH/c1-16-9-12-4-3-5-18(10-12)15(20)13-8-14(19)17(11-13)6-7-21-2;/h12-13,16H,3-11H2,1-2H3;1H. The molecule has 0 aromatic carbocycles. The summed E-state index contributed by atoms with van der Waals surface area (Å²) in [6.07, 6.45) is 2.59. The van der Waals surface area contributed by atoms with Gasteiger partial charge >= 0.3 is 0 Å². The first-order chi connectivity index (χ1) is 10.2. The topological polar surface area (TPSA) is 61.9 Å². The number of methoxy groups -OCH3 is 1. The van der Waals surface area contributed by atoms with Crippen molar-refractivity contribution in [1.29, 1.82) is 0 Å². The van der Waals surface area contributed by atoms with Crippen LogP contribution in [-0.4, -0.2) is 75.1 Å². The van der Waals surface area contributed by atoms with E-state index in [0.29, 0.717) is 32.0 Å². The van der Waals surface area contributed by atoms with E-state index >= 15 is 0 Å². The van der Waals surface area contributed by atoms with E-state index in [1.165, 1.54) is 6.42 Å². The number of nitrogens with zero attached hydrogens (tertiary/aromatic N) is 2. The molecular formula is C15H28ClN3O3. The van der Waals surface area contributed by atoms with Crippen LogP contribution in [0.15, 0.2) is 0 Å². The molecule has 2 atom stereocenters. The summed E-state index contributed by atoms with van der Waals surface area (Å²) in [5, 5.41) is 3.19. The second kappa shape index (κ2) is 9.33. The highest BCUT2D eigenvalue weighted by Crippen LogP contribution is 2.23. The van der Waals surface area contributed by atoms with Crippen LogP contribution in [0.3, 0.4) is 0 Å². The Morgan fingerprint density at radius 1 is 1.41 bits per heavy atom. The minimum Gasteiger partial charge on any atom is -0.383 e. The maximum absolute atomic E-state index is 12.6. The molecule has 7 heteroatoms. The molecule has 1 N–H and O–H groups in total. The highest BCUT2D eigenvalue weighted by Gasteiger charge is 2.37. The normalized spacial score (nSPS) is 25.3. The van der Waals surface area contributed by atoms with E-state index < -0.39 is 0 Å². The summed E-state index contributed by atoms with van der Waals surface area (Å²) >= 11 is 0. The SMILES string of the molecule is CNCC1CCCN(C(=O)C2CC(=O)N(CCOC)C2)C1.Cl. The molecule has 0 aromatic rings. The lowest BCUT2D eigenvalue weighted by atomic mass is 9.96.